The number of fused-ring (bicyclic) bond motifs is 1. The Bertz CT molecular complexity index is 1290. The highest BCUT2D eigenvalue weighted by Crippen LogP contribution is 2.43. The molecular formula is C22H18N6O4S. The van der Waals surface area contributed by atoms with Crippen LogP contribution in [0, 0.1) is 21.4 Å². The lowest BCUT2D eigenvalue weighted by atomic mass is 9.90. The van der Waals surface area contributed by atoms with Crippen LogP contribution in [-0.4, -0.2) is 33.3 Å². The molecule has 0 spiro atoms. The van der Waals surface area contributed by atoms with Crippen LogP contribution in [-0.2, 0) is 6.42 Å². The molecule has 1 aliphatic heterocycles. The summed E-state index contributed by atoms with van der Waals surface area (Å²) in [5, 5.41) is 47.9. The number of oxime groups is 2. The molecule has 4 N–H and O–H groups in total. The molecule has 0 aliphatic carbocycles. The summed E-state index contributed by atoms with van der Waals surface area (Å²) in [7, 11) is 0. The van der Waals surface area contributed by atoms with E-state index >= 15 is 0 Å². The number of non-ortho nitro benzene ring substituents is 1. The lowest BCUT2D eigenvalue weighted by Crippen LogP contribution is -2.42. The molecule has 2 heterocycles. The van der Waals surface area contributed by atoms with Crippen molar-refractivity contribution in [2.75, 3.05) is 17.2 Å². The van der Waals surface area contributed by atoms with Crippen molar-refractivity contribution in [3.8, 4) is 6.07 Å². The number of nitro benzene ring substituents is 1. The van der Waals surface area contributed by atoms with Crippen molar-refractivity contribution in [1.82, 2.24) is 0 Å². The first-order chi connectivity index (χ1) is 16.0. The molecule has 0 saturated carbocycles. The van der Waals surface area contributed by atoms with Crippen LogP contribution in [0.5, 0.6) is 0 Å². The smallest absolute Gasteiger partial charge is 0.269 e. The SMILES string of the molecule is N#Cc1c(N)sc2c1CCN(c1ccc([N+](=O)[O-])cc1)C2C(=NO)C(=NO)c1ccccc1. The summed E-state index contributed by atoms with van der Waals surface area (Å²) in [5.74, 6) is 0. The van der Waals surface area contributed by atoms with Gasteiger partial charge in [0, 0.05) is 34.8 Å². The summed E-state index contributed by atoms with van der Waals surface area (Å²) in [6.07, 6.45) is 0.495. The molecule has 166 valence electrons. The van der Waals surface area contributed by atoms with E-state index in [1.165, 1.54) is 23.5 Å². The lowest BCUT2D eigenvalue weighted by Gasteiger charge is -2.37. The Labute approximate surface area is 192 Å². The highest BCUT2D eigenvalue weighted by atomic mass is 32.1. The van der Waals surface area contributed by atoms with Gasteiger partial charge in [0.05, 0.1) is 10.5 Å². The van der Waals surface area contributed by atoms with Gasteiger partial charge in [-0.3, -0.25) is 10.1 Å². The van der Waals surface area contributed by atoms with Gasteiger partial charge in [-0.2, -0.15) is 5.26 Å². The van der Waals surface area contributed by atoms with E-state index in [4.69, 9.17) is 5.73 Å². The van der Waals surface area contributed by atoms with Gasteiger partial charge in [0.2, 0.25) is 0 Å². The summed E-state index contributed by atoms with van der Waals surface area (Å²) in [6.45, 7) is 0.410. The molecule has 1 aromatic heterocycles. The van der Waals surface area contributed by atoms with E-state index in [2.05, 4.69) is 16.4 Å². The van der Waals surface area contributed by atoms with Crippen LogP contribution in [0.3, 0.4) is 0 Å². The van der Waals surface area contributed by atoms with Crippen molar-refractivity contribution >= 4 is 39.1 Å². The zero-order valence-corrected chi connectivity index (χ0v) is 17.9. The van der Waals surface area contributed by atoms with E-state index in [-0.39, 0.29) is 17.1 Å². The van der Waals surface area contributed by atoms with Crippen molar-refractivity contribution in [3.63, 3.8) is 0 Å². The summed E-state index contributed by atoms with van der Waals surface area (Å²) in [5.41, 5.74) is 8.43. The molecule has 0 bridgehead atoms. The number of hydrogen-bond donors (Lipinski definition) is 3. The van der Waals surface area contributed by atoms with Crippen molar-refractivity contribution in [3.05, 3.63) is 86.3 Å². The molecule has 33 heavy (non-hydrogen) atoms. The van der Waals surface area contributed by atoms with E-state index in [1.54, 1.807) is 42.5 Å². The number of nitrogens with zero attached hydrogens (tertiary/aromatic N) is 5. The molecule has 2 aromatic carbocycles. The Morgan fingerprint density at radius 2 is 1.88 bits per heavy atom. The zero-order valence-electron chi connectivity index (χ0n) is 17.1. The maximum Gasteiger partial charge on any atom is 0.269 e. The third kappa shape index (κ3) is 3.83. The summed E-state index contributed by atoms with van der Waals surface area (Å²) in [6, 6.07) is 16.1. The molecule has 0 radical (unpaired) electrons. The maximum atomic E-state index is 11.1. The molecule has 4 rings (SSSR count). The summed E-state index contributed by atoms with van der Waals surface area (Å²) >= 11 is 1.20. The van der Waals surface area contributed by atoms with Crippen LogP contribution in [0.1, 0.15) is 27.6 Å². The molecule has 1 atom stereocenters. The van der Waals surface area contributed by atoms with Gasteiger partial charge in [0.1, 0.15) is 28.5 Å². The van der Waals surface area contributed by atoms with Gasteiger partial charge in [0.25, 0.3) is 5.69 Å². The minimum absolute atomic E-state index is 0.0494. The van der Waals surface area contributed by atoms with Gasteiger partial charge in [-0.15, -0.1) is 11.3 Å². The molecule has 1 aliphatic rings. The standard InChI is InChI=1S/C22H18N6O4S/c23-12-17-16-10-11-27(14-6-8-15(9-7-14)28(31)32)20(21(16)33-22(17)24)19(26-30)18(25-29)13-4-2-1-3-5-13/h1-9,20,29-30H,10-11,24H2. The number of rotatable bonds is 5. The van der Waals surface area contributed by atoms with Gasteiger partial charge in [-0.25, -0.2) is 0 Å². The molecule has 0 saturated heterocycles. The third-order valence-electron chi connectivity index (χ3n) is 5.49. The zero-order chi connectivity index (χ0) is 23.5. The molecule has 0 fully saturated rings. The molecule has 1 unspecified atom stereocenters. The Morgan fingerprint density at radius 3 is 2.45 bits per heavy atom. The third-order valence-corrected chi connectivity index (χ3v) is 6.60. The summed E-state index contributed by atoms with van der Waals surface area (Å²) in [4.78, 5) is 13.2. The van der Waals surface area contributed by atoms with Crippen LogP contribution in [0.4, 0.5) is 16.4 Å². The second-order valence-corrected chi connectivity index (χ2v) is 8.30. The fourth-order valence-corrected chi connectivity index (χ4v) is 5.18. The van der Waals surface area contributed by atoms with Crippen molar-refractivity contribution in [1.29, 1.82) is 5.26 Å². The van der Waals surface area contributed by atoms with Crippen LogP contribution >= 0.6 is 11.3 Å². The number of thiophene rings is 1. The highest BCUT2D eigenvalue weighted by molar-refractivity contribution is 7.16. The summed E-state index contributed by atoms with van der Waals surface area (Å²) < 4.78 is 0. The first-order valence-electron chi connectivity index (χ1n) is 9.82. The van der Waals surface area contributed by atoms with Gasteiger partial charge in [0.15, 0.2) is 0 Å². The average molecular weight is 462 g/mol. The molecule has 11 heteroatoms. The predicted octanol–water partition coefficient (Wildman–Crippen LogP) is 3.92. The fraction of sp³-hybridized carbons (Fsp3) is 0.136. The topological polar surface area (TPSA) is 161 Å². The average Bonchev–Trinajstić information content (AvgIpc) is 3.17. The maximum absolute atomic E-state index is 11.1. The molecule has 3 aromatic rings. The van der Waals surface area contributed by atoms with E-state index in [0.717, 1.165) is 5.56 Å². The lowest BCUT2D eigenvalue weighted by molar-refractivity contribution is -0.384. The van der Waals surface area contributed by atoms with Crippen molar-refractivity contribution < 1.29 is 15.3 Å². The number of nitro groups is 1. The predicted molar refractivity (Wildman–Crippen MR) is 124 cm³/mol. The van der Waals surface area contributed by atoms with Crippen LogP contribution in [0.15, 0.2) is 64.9 Å². The van der Waals surface area contributed by atoms with Gasteiger partial charge in [-0.05, 0) is 24.1 Å². The number of anilines is 2. The van der Waals surface area contributed by atoms with Gasteiger partial charge >= 0.3 is 0 Å². The number of hydrogen-bond acceptors (Lipinski definition) is 10. The molecule has 0 amide bonds. The second-order valence-electron chi connectivity index (χ2n) is 7.22. The van der Waals surface area contributed by atoms with Crippen molar-refractivity contribution in [2.24, 2.45) is 10.3 Å². The molecular weight excluding hydrogens is 444 g/mol. The van der Waals surface area contributed by atoms with Crippen LogP contribution in [0.2, 0.25) is 0 Å². The highest BCUT2D eigenvalue weighted by Gasteiger charge is 2.38. The van der Waals surface area contributed by atoms with E-state index in [9.17, 15) is 25.8 Å². The quantitative estimate of drug-likeness (QED) is 0.224. The molecule has 10 nitrogen and oxygen atoms in total. The number of benzene rings is 2. The largest absolute Gasteiger partial charge is 0.411 e. The van der Waals surface area contributed by atoms with Crippen LogP contribution in [0.25, 0.3) is 0 Å². The minimum Gasteiger partial charge on any atom is -0.411 e. The second kappa shape index (κ2) is 8.97. The van der Waals surface area contributed by atoms with E-state index < -0.39 is 11.0 Å². The van der Waals surface area contributed by atoms with Crippen LogP contribution < -0.4 is 10.6 Å². The monoisotopic (exact) mass is 462 g/mol. The number of nitrogens with two attached hydrogens (primary N) is 1. The van der Waals surface area contributed by atoms with E-state index in [0.29, 0.717) is 39.7 Å². The Kier molecular flexibility index (Phi) is 5.93. The Balaban J connectivity index is 1.89. The minimum atomic E-state index is -0.749. The normalized spacial score (nSPS) is 16.2. The Hall–Kier alpha value is -4.43. The van der Waals surface area contributed by atoms with E-state index in [1.807, 2.05) is 4.90 Å². The van der Waals surface area contributed by atoms with Gasteiger partial charge in [-0.1, -0.05) is 40.6 Å². The number of nitrogen functional groups attached to an aromatic ring is 1. The number of nitriles is 1. The fourth-order valence-electron chi connectivity index (χ4n) is 4.00. The van der Waals surface area contributed by atoms with Crippen molar-refractivity contribution in [2.45, 2.75) is 12.5 Å². The van der Waals surface area contributed by atoms with Gasteiger partial charge < -0.3 is 21.0 Å². The Morgan fingerprint density at radius 1 is 1.18 bits per heavy atom. The first kappa shape index (κ1) is 21.8. The first-order valence-corrected chi connectivity index (χ1v) is 10.6.